The summed E-state index contributed by atoms with van der Waals surface area (Å²) in [5.41, 5.74) is 7.93. The molecule has 1 saturated carbocycles. The third kappa shape index (κ3) is 5.94. The van der Waals surface area contributed by atoms with Crippen LogP contribution in [0.1, 0.15) is 47.7 Å². The molecule has 2 aliphatic carbocycles. The quantitative estimate of drug-likeness (QED) is 0.124. The molecule has 3 aromatic carbocycles. The molecule has 46 heavy (non-hydrogen) atoms. The topological polar surface area (TPSA) is 145 Å². The molecule has 2 aliphatic rings. The van der Waals surface area contributed by atoms with Gasteiger partial charge in [0.05, 0.1) is 11.0 Å². The second-order valence-electron chi connectivity index (χ2n) is 11.8. The van der Waals surface area contributed by atoms with E-state index in [1.807, 2.05) is 61.5 Å². The first-order valence-corrected chi connectivity index (χ1v) is 15.6. The van der Waals surface area contributed by atoms with Crippen molar-refractivity contribution in [3.8, 4) is 0 Å². The summed E-state index contributed by atoms with van der Waals surface area (Å²) in [7, 11) is 0. The van der Waals surface area contributed by atoms with Crippen LogP contribution in [0.2, 0.25) is 0 Å². The molecule has 0 aliphatic heterocycles. The number of aromatic amines is 2. The van der Waals surface area contributed by atoms with E-state index < -0.39 is 0 Å². The number of nitrogens with zero attached hydrogens (tertiary/aromatic N) is 6. The number of rotatable bonds is 7. The molecule has 228 valence electrons. The minimum atomic E-state index is 0.585. The van der Waals surface area contributed by atoms with Crippen molar-refractivity contribution in [3.05, 3.63) is 108 Å². The summed E-state index contributed by atoms with van der Waals surface area (Å²) in [4.78, 5) is 17.9. The van der Waals surface area contributed by atoms with Crippen LogP contribution in [0.3, 0.4) is 0 Å². The first-order valence-electron chi connectivity index (χ1n) is 15.6. The number of hydrogen-bond acceptors (Lipinski definition) is 9. The van der Waals surface area contributed by atoms with Crippen molar-refractivity contribution >= 4 is 56.7 Å². The standard InChI is InChI=1S/C23H22N6.C12H11N5/c1-2-7-19-18(6-1)22(26-21-13-20(28-29-21)15-8-9-15)27-23(25-19)24-17-11-10-14-4-3-5-16(14)12-17;1-8-6-11(17-16-8)15-12-9-4-2-3-5-10(9)13-7-14-12/h1-2,6-7,10-13,15H,3-5,8-9H2,(H3,24,25,26,27,28,29);2-7H,1H3,(H2,13,14,15,16,17). The van der Waals surface area contributed by atoms with Gasteiger partial charge < -0.3 is 16.0 Å². The fourth-order valence-electron chi connectivity index (χ4n) is 5.84. The van der Waals surface area contributed by atoms with E-state index in [1.165, 1.54) is 42.5 Å². The van der Waals surface area contributed by atoms with Crippen molar-refractivity contribution in [2.24, 2.45) is 0 Å². The average Bonchev–Trinajstić information content (AvgIpc) is 3.41. The van der Waals surface area contributed by atoms with Gasteiger partial charge in [-0.15, -0.1) is 0 Å². The zero-order chi connectivity index (χ0) is 30.9. The molecular weight excluding hydrogens is 574 g/mol. The van der Waals surface area contributed by atoms with E-state index in [0.717, 1.165) is 62.9 Å². The highest BCUT2D eigenvalue weighted by Crippen LogP contribution is 2.40. The molecule has 0 amide bonds. The largest absolute Gasteiger partial charge is 0.324 e. The predicted molar refractivity (Wildman–Crippen MR) is 181 cm³/mol. The number of benzene rings is 3. The summed E-state index contributed by atoms with van der Waals surface area (Å²) in [6, 6.07) is 26.5. The average molecular weight is 608 g/mol. The molecule has 4 heterocycles. The number of para-hydroxylation sites is 2. The number of hydrogen-bond donors (Lipinski definition) is 5. The summed E-state index contributed by atoms with van der Waals surface area (Å²) in [6.45, 7) is 1.95. The maximum Gasteiger partial charge on any atom is 0.229 e. The molecule has 4 aromatic heterocycles. The Morgan fingerprint density at radius 3 is 2.24 bits per heavy atom. The van der Waals surface area contributed by atoms with Crippen molar-refractivity contribution in [1.29, 1.82) is 0 Å². The highest BCUT2D eigenvalue weighted by atomic mass is 15.2. The Morgan fingerprint density at radius 2 is 1.41 bits per heavy atom. The van der Waals surface area contributed by atoms with Gasteiger partial charge in [0.1, 0.15) is 18.0 Å². The summed E-state index contributed by atoms with van der Waals surface area (Å²) in [5.74, 6) is 4.29. The number of nitrogens with one attached hydrogen (secondary N) is 5. The van der Waals surface area contributed by atoms with Gasteiger partial charge >= 0.3 is 0 Å². The van der Waals surface area contributed by atoms with Crippen molar-refractivity contribution in [1.82, 2.24) is 40.3 Å². The van der Waals surface area contributed by atoms with Crippen LogP contribution in [0.5, 0.6) is 0 Å². The molecule has 5 N–H and O–H groups in total. The number of H-pyrrole nitrogens is 2. The van der Waals surface area contributed by atoms with Crippen molar-refractivity contribution < 1.29 is 0 Å². The van der Waals surface area contributed by atoms with Gasteiger partial charge in [-0.1, -0.05) is 30.3 Å². The monoisotopic (exact) mass is 607 g/mol. The lowest BCUT2D eigenvalue weighted by Crippen LogP contribution is -2.03. The molecule has 9 rings (SSSR count). The summed E-state index contributed by atoms with van der Waals surface area (Å²) >= 11 is 0. The molecule has 11 nitrogen and oxygen atoms in total. The van der Waals surface area contributed by atoms with E-state index in [2.05, 4.69) is 70.6 Å². The Bertz CT molecular complexity index is 2160. The van der Waals surface area contributed by atoms with Crippen LogP contribution in [-0.4, -0.2) is 40.3 Å². The first-order chi connectivity index (χ1) is 22.6. The second kappa shape index (κ2) is 11.9. The summed E-state index contributed by atoms with van der Waals surface area (Å²) in [6.07, 6.45) is 7.61. The molecule has 0 spiro atoms. The van der Waals surface area contributed by atoms with Crippen LogP contribution in [0.25, 0.3) is 21.8 Å². The van der Waals surface area contributed by atoms with Gasteiger partial charge in [0, 0.05) is 45.9 Å². The molecule has 1 fully saturated rings. The fraction of sp³-hybridized carbons (Fsp3) is 0.200. The van der Waals surface area contributed by atoms with E-state index >= 15 is 0 Å². The third-order valence-electron chi connectivity index (χ3n) is 8.31. The van der Waals surface area contributed by atoms with Crippen LogP contribution >= 0.6 is 0 Å². The molecule has 0 radical (unpaired) electrons. The van der Waals surface area contributed by atoms with Gasteiger partial charge in [-0.3, -0.25) is 10.2 Å². The number of anilines is 6. The van der Waals surface area contributed by atoms with E-state index in [9.17, 15) is 0 Å². The first kappa shape index (κ1) is 27.7. The Morgan fingerprint density at radius 1 is 0.674 bits per heavy atom. The van der Waals surface area contributed by atoms with Gasteiger partial charge in [0.2, 0.25) is 5.95 Å². The van der Waals surface area contributed by atoms with E-state index in [4.69, 9.17) is 9.97 Å². The number of fused-ring (bicyclic) bond motifs is 3. The van der Waals surface area contributed by atoms with Crippen LogP contribution < -0.4 is 16.0 Å². The number of aromatic nitrogens is 8. The number of aryl methyl sites for hydroxylation is 3. The van der Waals surface area contributed by atoms with Crippen molar-refractivity contribution in [2.45, 2.75) is 44.9 Å². The maximum atomic E-state index is 4.77. The zero-order valence-corrected chi connectivity index (χ0v) is 25.4. The lowest BCUT2D eigenvalue weighted by Gasteiger charge is -2.11. The lowest BCUT2D eigenvalue weighted by atomic mass is 10.1. The van der Waals surface area contributed by atoms with E-state index in [0.29, 0.717) is 11.9 Å². The van der Waals surface area contributed by atoms with Gasteiger partial charge in [-0.2, -0.15) is 15.2 Å². The maximum absolute atomic E-state index is 4.77. The van der Waals surface area contributed by atoms with Crippen molar-refractivity contribution in [2.75, 3.05) is 16.0 Å². The fourth-order valence-corrected chi connectivity index (χ4v) is 5.84. The smallest absolute Gasteiger partial charge is 0.229 e. The van der Waals surface area contributed by atoms with Crippen LogP contribution in [-0.2, 0) is 12.8 Å². The van der Waals surface area contributed by atoms with Crippen LogP contribution in [0.15, 0.2) is 85.2 Å². The van der Waals surface area contributed by atoms with E-state index in [-0.39, 0.29) is 0 Å². The molecule has 0 bridgehead atoms. The molecule has 0 saturated heterocycles. The third-order valence-corrected chi connectivity index (χ3v) is 8.31. The lowest BCUT2D eigenvalue weighted by molar-refractivity contribution is 0.912. The second-order valence-corrected chi connectivity index (χ2v) is 11.8. The zero-order valence-electron chi connectivity index (χ0n) is 25.4. The minimum absolute atomic E-state index is 0.585. The van der Waals surface area contributed by atoms with Gasteiger partial charge in [0.15, 0.2) is 11.6 Å². The molecule has 11 heteroatoms. The molecular formula is C35H33N11. The van der Waals surface area contributed by atoms with Crippen molar-refractivity contribution in [3.63, 3.8) is 0 Å². The predicted octanol–water partition coefficient (Wildman–Crippen LogP) is 7.61. The van der Waals surface area contributed by atoms with Gasteiger partial charge in [0.25, 0.3) is 0 Å². The molecule has 7 aromatic rings. The summed E-state index contributed by atoms with van der Waals surface area (Å²) < 4.78 is 0. The highest BCUT2D eigenvalue weighted by Gasteiger charge is 2.25. The Kier molecular flexibility index (Phi) is 7.18. The van der Waals surface area contributed by atoms with Crippen LogP contribution in [0.4, 0.5) is 34.9 Å². The van der Waals surface area contributed by atoms with Gasteiger partial charge in [-0.25, -0.2) is 15.0 Å². The Hall–Kier alpha value is -5.84. The highest BCUT2D eigenvalue weighted by molar-refractivity contribution is 5.92. The van der Waals surface area contributed by atoms with E-state index in [1.54, 1.807) is 6.33 Å². The molecule has 0 atom stereocenters. The van der Waals surface area contributed by atoms with Gasteiger partial charge in [-0.05, 0) is 86.6 Å². The SMILES string of the molecule is Cc1cc(Nc2ncnc3ccccc23)n[nH]1.c1ccc2c(Nc3cc(C4CC4)[nH]n3)nc(Nc3ccc4c(c3)CCC4)nc2c1. The molecule has 0 unspecified atom stereocenters. The minimum Gasteiger partial charge on any atom is -0.324 e. The Balaban J connectivity index is 0.000000156. The summed E-state index contributed by atoms with van der Waals surface area (Å²) in [5, 5.41) is 26.5. The normalized spacial score (nSPS) is 13.7. The Labute approximate surface area is 265 Å². The van der Waals surface area contributed by atoms with Crippen LogP contribution in [0, 0.1) is 6.92 Å².